The van der Waals surface area contributed by atoms with Crippen molar-refractivity contribution in [3.05, 3.63) is 89.0 Å². The lowest BCUT2D eigenvalue weighted by Crippen LogP contribution is -2.43. The van der Waals surface area contributed by atoms with E-state index in [9.17, 15) is 28.5 Å². The maximum Gasteiger partial charge on any atom is 0.229 e. The van der Waals surface area contributed by atoms with E-state index in [0.717, 1.165) is 22.9 Å². The predicted octanol–water partition coefficient (Wildman–Crippen LogP) is 3.02. The number of aliphatic hydroxyl groups is 1. The Kier molecular flexibility index (Phi) is 9.96. The Morgan fingerprint density at radius 2 is 1.64 bits per heavy atom. The van der Waals surface area contributed by atoms with E-state index in [-0.39, 0.29) is 36.1 Å². The largest absolute Gasteiger partial charge is 0.508 e. The Morgan fingerprint density at radius 1 is 0.949 bits per heavy atom. The lowest BCUT2D eigenvalue weighted by atomic mass is 9.93. The molecule has 210 valence electrons. The van der Waals surface area contributed by atoms with Gasteiger partial charge >= 0.3 is 0 Å². The van der Waals surface area contributed by atoms with Crippen molar-refractivity contribution >= 4 is 21.6 Å². The number of hydrogen-bond acceptors (Lipinski definition) is 7. The van der Waals surface area contributed by atoms with Gasteiger partial charge in [0.1, 0.15) is 11.5 Å². The Bertz CT molecular complexity index is 1370. The molecule has 3 rings (SSSR count). The monoisotopic (exact) mass is 555 g/mol. The summed E-state index contributed by atoms with van der Waals surface area (Å²) < 4.78 is 25.3. The van der Waals surface area contributed by atoms with Crippen LogP contribution >= 0.6 is 0 Å². The average Bonchev–Trinajstić information content (AvgIpc) is 2.84. The number of nitrogens with one attached hydrogen (secondary N) is 3. The van der Waals surface area contributed by atoms with Gasteiger partial charge in [-0.15, -0.1) is 0 Å². The van der Waals surface area contributed by atoms with E-state index in [0.29, 0.717) is 24.9 Å². The number of carbonyl (C=O) groups is 1. The first-order valence-corrected chi connectivity index (χ1v) is 14.5. The fraction of sp³-hybridized carbons (Fsp3) is 0.345. The van der Waals surface area contributed by atoms with E-state index in [1.165, 1.54) is 12.1 Å². The number of benzene rings is 3. The second-order valence-electron chi connectivity index (χ2n) is 10.4. The topological polar surface area (TPSA) is 148 Å². The zero-order valence-corrected chi connectivity index (χ0v) is 23.3. The molecule has 0 aliphatic heterocycles. The quantitative estimate of drug-likeness (QED) is 0.178. The second kappa shape index (κ2) is 13.0. The molecule has 0 aliphatic carbocycles. The summed E-state index contributed by atoms with van der Waals surface area (Å²) in [6.07, 6.45) is 1.65. The Balaban J connectivity index is 1.51. The molecule has 0 aliphatic rings. The normalized spacial score (nSPS) is 12.6. The summed E-state index contributed by atoms with van der Waals surface area (Å²) in [6, 6.07) is 19.0. The van der Waals surface area contributed by atoms with Gasteiger partial charge in [0.25, 0.3) is 0 Å². The zero-order chi connectivity index (χ0) is 28.6. The number of sulfonamides is 1. The van der Waals surface area contributed by atoms with Crippen molar-refractivity contribution in [3.8, 4) is 11.5 Å². The van der Waals surface area contributed by atoms with E-state index in [1.54, 1.807) is 18.2 Å². The maximum absolute atomic E-state index is 12.4. The third kappa shape index (κ3) is 10.2. The average molecular weight is 556 g/mol. The van der Waals surface area contributed by atoms with Gasteiger partial charge < -0.3 is 26.0 Å². The van der Waals surface area contributed by atoms with Crippen LogP contribution < -0.4 is 15.4 Å². The molecule has 0 spiro atoms. The number of phenolic OH excluding ortho intramolecular Hbond substituents is 2. The summed E-state index contributed by atoms with van der Waals surface area (Å²) in [5, 5.41) is 36.3. The van der Waals surface area contributed by atoms with Gasteiger partial charge in [-0.2, -0.15) is 0 Å². The van der Waals surface area contributed by atoms with Gasteiger partial charge in [0.15, 0.2) is 0 Å². The van der Waals surface area contributed by atoms with Crippen LogP contribution in [0.2, 0.25) is 0 Å². The number of hydrogen-bond donors (Lipinski definition) is 6. The van der Waals surface area contributed by atoms with Crippen LogP contribution in [0.3, 0.4) is 0 Å². The summed E-state index contributed by atoms with van der Waals surface area (Å²) in [5.41, 5.74) is 3.05. The first kappa shape index (κ1) is 29.9. The highest BCUT2D eigenvalue weighted by Crippen LogP contribution is 2.28. The van der Waals surface area contributed by atoms with Gasteiger partial charge in [0.05, 0.1) is 24.5 Å². The minimum atomic E-state index is -3.58. The Labute approximate surface area is 230 Å². The van der Waals surface area contributed by atoms with Crippen molar-refractivity contribution in [2.45, 2.75) is 44.8 Å². The van der Waals surface area contributed by atoms with Gasteiger partial charge in [-0.1, -0.05) is 42.5 Å². The molecule has 0 bridgehead atoms. The van der Waals surface area contributed by atoms with Crippen molar-refractivity contribution < 1.29 is 28.5 Å². The van der Waals surface area contributed by atoms with Gasteiger partial charge in [-0.05, 0) is 73.2 Å². The fourth-order valence-corrected chi connectivity index (χ4v) is 4.78. The molecule has 0 fully saturated rings. The lowest BCUT2D eigenvalue weighted by Gasteiger charge is -2.28. The van der Waals surface area contributed by atoms with E-state index in [4.69, 9.17) is 0 Å². The Hall–Kier alpha value is -3.60. The summed E-state index contributed by atoms with van der Waals surface area (Å²) in [6.45, 7) is 4.74. The summed E-state index contributed by atoms with van der Waals surface area (Å²) in [4.78, 5) is 12.4. The predicted molar refractivity (Wildman–Crippen MR) is 152 cm³/mol. The molecular formula is C29H37N3O6S. The van der Waals surface area contributed by atoms with Crippen LogP contribution in [0.15, 0.2) is 66.7 Å². The van der Waals surface area contributed by atoms with Crippen LogP contribution in [0.25, 0.3) is 0 Å². The molecule has 0 saturated heterocycles. The van der Waals surface area contributed by atoms with Crippen molar-refractivity contribution in [1.29, 1.82) is 0 Å². The summed E-state index contributed by atoms with van der Waals surface area (Å²) >= 11 is 0. The molecule has 0 aromatic heterocycles. The smallest absolute Gasteiger partial charge is 0.229 e. The second-order valence-corrected chi connectivity index (χ2v) is 12.1. The number of aliphatic hydroxyl groups excluding tert-OH is 1. The molecule has 0 radical (unpaired) electrons. The molecule has 39 heavy (non-hydrogen) atoms. The number of rotatable bonds is 13. The maximum atomic E-state index is 12.4. The molecule has 6 N–H and O–H groups in total. The number of amides is 1. The van der Waals surface area contributed by atoms with E-state index < -0.39 is 21.7 Å². The standard InChI is InChI=1S/C29H37N3O6S/c1-29(2,31-19-27(35)23-9-12-26(34)25(17-23)32-39(3,37)38)18-22-6-4-5-21(15-22)16-28(36)30-14-13-20-7-10-24(33)11-8-20/h4-12,15,17,27,31-35H,13-14,16,18-19H2,1-3H3,(H,30,36)/t27-/m0/s1. The molecule has 1 atom stereocenters. The zero-order valence-electron chi connectivity index (χ0n) is 22.4. The molecular weight excluding hydrogens is 518 g/mol. The number of β-amino-alcohol motifs (C(OH)–C–C–N with tert-alkyl or cyclic N) is 1. The fourth-order valence-electron chi connectivity index (χ4n) is 4.21. The summed E-state index contributed by atoms with van der Waals surface area (Å²) in [5.74, 6) is -0.0757. The molecule has 0 saturated carbocycles. The highest BCUT2D eigenvalue weighted by atomic mass is 32.2. The van der Waals surface area contributed by atoms with Gasteiger partial charge in [-0.3, -0.25) is 9.52 Å². The molecule has 3 aromatic rings. The third-order valence-electron chi connectivity index (χ3n) is 6.15. The summed E-state index contributed by atoms with van der Waals surface area (Å²) in [7, 11) is -3.58. The first-order valence-electron chi connectivity index (χ1n) is 12.7. The van der Waals surface area contributed by atoms with Crippen LogP contribution in [0.1, 0.15) is 42.2 Å². The molecule has 10 heteroatoms. The molecule has 0 heterocycles. The SMILES string of the molecule is CC(C)(Cc1cccc(CC(=O)NCCc2ccc(O)cc2)c1)NC[C@H](O)c1ccc(O)c(NS(C)(=O)=O)c1. The van der Waals surface area contributed by atoms with Crippen LogP contribution in [0.4, 0.5) is 5.69 Å². The van der Waals surface area contributed by atoms with Crippen LogP contribution in [-0.4, -0.2) is 54.5 Å². The third-order valence-corrected chi connectivity index (χ3v) is 6.74. The van der Waals surface area contributed by atoms with E-state index >= 15 is 0 Å². The lowest BCUT2D eigenvalue weighted by molar-refractivity contribution is -0.120. The Morgan fingerprint density at radius 3 is 2.33 bits per heavy atom. The first-order chi connectivity index (χ1) is 18.3. The van der Waals surface area contributed by atoms with Crippen molar-refractivity contribution in [2.24, 2.45) is 0 Å². The van der Waals surface area contributed by atoms with Gasteiger partial charge in [0.2, 0.25) is 15.9 Å². The minimum absolute atomic E-state index is 0.00881. The van der Waals surface area contributed by atoms with Crippen LogP contribution in [-0.2, 0) is 34.1 Å². The van der Waals surface area contributed by atoms with Gasteiger partial charge in [-0.25, -0.2) is 8.42 Å². The molecule has 9 nitrogen and oxygen atoms in total. The molecule has 1 amide bonds. The minimum Gasteiger partial charge on any atom is -0.508 e. The number of aromatic hydroxyl groups is 2. The number of carbonyl (C=O) groups excluding carboxylic acids is 1. The highest BCUT2D eigenvalue weighted by molar-refractivity contribution is 7.92. The van der Waals surface area contributed by atoms with E-state index in [1.807, 2.05) is 50.2 Å². The highest BCUT2D eigenvalue weighted by Gasteiger charge is 2.21. The van der Waals surface area contributed by atoms with Crippen molar-refractivity contribution in [3.63, 3.8) is 0 Å². The van der Waals surface area contributed by atoms with Crippen molar-refractivity contribution in [1.82, 2.24) is 10.6 Å². The van der Waals surface area contributed by atoms with Crippen LogP contribution in [0.5, 0.6) is 11.5 Å². The number of anilines is 1. The van der Waals surface area contributed by atoms with Crippen LogP contribution in [0, 0.1) is 0 Å². The number of phenols is 2. The van der Waals surface area contributed by atoms with E-state index in [2.05, 4.69) is 15.4 Å². The molecule has 3 aromatic carbocycles. The van der Waals surface area contributed by atoms with Crippen molar-refractivity contribution in [2.75, 3.05) is 24.1 Å². The van der Waals surface area contributed by atoms with Gasteiger partial charge in [0, 0.05) is 18.6 Å². The molecule has 0 unspecified atom stereocenters.